The van der Waals surface area contributed by atoms with E-state index in [9.17, 15) is 14.4 Å². The average molecular weight is 618 g/mol. The number of carbonyl (C=O) groups is 3. The number of hydrazone groups is 1. The highest BCUT2D eigenvalue weighted by Crippen LogP contribution is 2.27. The summed E-state index contributed by atoms with van der Waals surface area (Å²) in [6, 6.07) is 17.3. The summed E-state index contributed by atoms with van der Waals surface area (Å²) in [5.41, 5.74) is 4.01. The van der Waals surface area contributed by atoms with Crippen LogP contribution in [0.2, 0.25) is 5.02 Å². The predicted molar refractivity (Wildman–Crippen MR) is 152 cm³/mol. The van der Waals surface area contributed by atoms with Crippen molar-refractivity contribution < 1.29 is 28.6 Å². The van der Waals surface area contributed by atoms with Gasteiger partial charge in [-0.3, -0.25) is 14.4 Å². The van der Waals surface area contributed by atoms with Gasteiger partial charge < -0.3 is 24.8 Å². The van der Waals surface area contributed by atoms with Crippen LogP contribution in [0.5, 0.6) is 17.2 Å². The number of hydrogen-bond acceptors (Lipinski definition) is 7. The zero-order chi connectivity index (χ0) is 28.2. The molecule has 0 spiro atoms. The van der Waals surface area contributed by atoms with Gasteiger partial charge in [-0.25, -0.2) is 5.43 Å². The maximum atomic E-state index is 12.3. The minimum atomic E-state index is -0.935. The molecule has 0 bridgehead atoms. The van der Waals surface area contributed by atoms with Crippen molar-refractivity contribution in [3.05, 3.63) is 81.3 Å². The van der Waals surface area contributed by atoms with Crippen molar-refractivity contribution in [2.24, 2.45) is 5.10 Å². The van der Waals surface area contributed by atoms with Crippen LogP contribution in [0.25, 0.3) is 0 Å². The smallest absolute Gasteiger partial charge is 0.329 e. The molecule has 0 saturated heterocycles. The molecule has 3 aromatic carbocycles. The number of amides is 3. The number of ether oxygens (including phenoxy) is 3. The molecule has 0 aliphatic carbocycles. The number of nitrogens with zero attached hydrogens (tertiary/aromatic N) is 1. The van der Waals surface area contributed by atoms with E-state index in [0.29, 0.717) is 39.9 Å². The molecule has 0 atom stereocenters. The Morgan fingerprint density at radius 3 is 2.44 bits per heavy atom. The molecule has 3 N–H and O–H groups in total. The summed E-state index contributed by atoms with van der Waals surface area (Å²) in [6.07, 6.45) is 1.78. The molecule has 3 rings (SSSR count). The summed E-state index contributed by atoms with van der Waals surface area (Å²) in [5, 5.41) is 9.46. The van der Waals surface area contributed by atoms with Crippen molar-refractivity contribution in [3.63, 3.8) is 0 Å². The van der Waals surface area contributed by atoms with Gasteiger partial charge >= 0.3 is 11.8 Å². The topological polar surface area (TPSA) is 127 Å². The van der Waals surface area contributed by atoms with Crippen LogP contribution in [0, 0.1) is 0 Å². The fourth-order valence-electron chi connectivity index (χ4n) is 3.29. The van der Waals surface area contributed by atoms with E-state index in [4.69, 9.17) is 25.8 Å². The molecule has 0 aliphatic rings. The summed E-state index contributed by atoms with van der Waals surface area (Å²) in [7, 11) is 3.09. The normalized spacial score (nSPS) is 10.6. The first-order chi connectivity index (χ1) is 18.8. The standard InChI is InChI=1S/C27H26BrClN4O6/c1-37-23-9-7-17(13-24(23)38-2)11-12-30-26(35)27(36)33-31-15-18-14-19(28)8-10-22(18)39-16-25(34)32-21-6-4-3-5-20(21)29/h3-10,13-15H,11-12,16H2,1-2H3,(H,30,35)(H,32,34)(H,33,36)/b31-15-. The Morgan fingerprint density at radius 1 is 0.949 bits per heavy atom. The minimum absolute atomic E-state index is 0.228. The molecule has 12 heteroatoms. The van der Waals surface area contributed by atoms with Gasteiger partial charge in [-0.15, -0.1) is 0 Å². The molecular formula is C27H26BrClN4O6. The molecule has 204 valence electrons. The Labute approximate surface area is 238 Å². The van der Waals surface area contributed by atoms with Crippen LogP contribution in [0.15, 0.2) is 70.2 Å². The number of para-hydroxylation sites is 1. The first-order valence-electron chi connectivity index (χ1n) is 11.6. The van der Waals surface area contributed by atoms with Gasteiger partial charge in [0, 0.05) is 16.6 Å². The third kappa shape index (κ3) is 9.01. The van der Waals surface area contributed by atoms with Crippen LogP contribution in [0.4, 0.5) is 5.69 Å². The van der Waals surface area contributed by atoms with Gasteiger partial charge in [-0.05, 0) is 54.4 Å². The lowest BCUT2D eigenvalue weighted by Crippen LogP contribution is -2.38. The van der Waals surface area contributed by atoms with Crippen LogP contribution < -0.4 is 30.3 Å². The van der Waals surface area contributed by atoms with E-state index in [1.54, 1.807) is 61.7 Å². The number of hydrogen-bond donors (Lipinski definition) is 3. The maximum Gasteiger partial charge on any atom is 0.329 e. The summed E-state index contributed by atoms with van der Waals surface area (Å²) in [6.45, 7) is -0.0616. The summed E-state index contributed by atoms with van der Waals surface area (Å²) in [5.74, 6) is -0.672. The van der Waals surface area contributed by atoms with Gasteiger partial charge in [0.05, 0.1) is 31.1 Å². The average Bonchev–Trinajstić information content (AvgIpc) is 2.93. The molecule has 39 heavy (non-hydrogen) atoms. The molecule has 0 saturated carbocycles. The number of halogens is 2. The Bertz CT molecular complexity index is 1370. The second-order valence-corrected chi connectivity index (χ2v) is 9.22. The van der Waals surface area contributed by atoms with Gasteiger partial charge in [0.15, 0.2) is 18.1 Å². The Morgan fingerprint density at radius 2 is 1.69 bits per heavy atom. The summed E-state index contributed by atoms with van der Waals surface area (Å²) in [4.78, 5) is 36.6. The molecule has 3 aromatic rings. The highest BCUT2D eigenvalue weighted by Gasteiger charge is 2.13. The van der Waals surface area contributed by atoms with Gasteiger partial charge in [-0.1, -0.05) is 45.7 Å². The van der Waals surface area contributed by atoms with E-state index in [1.807, 2.05) is 6.07 Å². The van der Waals surface area contributed by atoms with Crippen LogP contribution in [-0.2, 0) is 20.8 Å². The highest BCUT2D eigenvalue weighted by atomic mass is 79.9. The van der Waals surface area contributed by atoms with Crippen LogP contribution in [0.3, 0.4) is 0 Å². The lowest BCUT2D eigenvalue weighted by atomic mass is 10.1. The Hall–Kier alpha value is -4.09. The van der Waals surface area contributed by atoms with E-state index in [2.05, 4.69) is 37.1 Å². The number of anilines is 1. The van der Waals surface area contributed by atoms with Crippen molar-refractivity contribution in [1.29, 1.82) is 0 Å². The van der Waals surface area contributed by atoms with E-state index in [0.717, 1.165) is 10.0 Å². The first-order valence-corrected chi connectivity index (χ1v) is 12.8. The largest absolute Gasteiger partial charge is 0.493 e. The maximum absolute atomic E-state index is 12.3. The zero-order valence-corrected chi connectivity index (χ0v) is 23.5. The fourth-order valence-corrected chi connectivity index (χ4v) is 3.85. The van der Waals surface area contributed by atoms with E-state index >= 15 is 0 Å². The molecular weight excluding hydrogens is 592 g/mol. The van der Waals surface area contributed by atoms with Crippen LogP contribution in [-0.4, -0.2) is 51.3 Å². The second-order valence-electron chi connectivity index (χ2n) is 7.89. The van der Waals surface area contributed by atoms with Crippen molar-refractivity contribution in [2.45, 2.75) is 6.42 Å². The number of carbonyl (C=O) groups excluding carboxylic acids is 3. The summed E-state index contributed by atoms with van der Waals surface area (Å²) >= 11 is 9.42. The quantitative estimate of drug-likeness (QED) is 0.170. The molecule has 10 nitrogen and oxygen atoms in total. The van der Waals surface area contributed by atoms with E-state index in [1.165, 1.54) is 13.3 Å². The fraction of sp³-hybridized carbons (Fsp3) is 0.185. The summed E-state index contributed by atoms with van der Waals surface area (Å²) < 4.78 is 16.8. The van der Waals surface area contributed by atoms with Crippen LogP contribution >= 0.6 is 27.5 Å². The van der Waals surface area contributed by atoms with Gasteiger partial charge in [0.25, 0.3) is 5.91 Å². The predicted octanol–water partition coefficient (Wildman–Crippen LogP) is 3.95. The van der Waals surface area contributed by atoms with E-state index in [-0.39, 0.29) is 13.2 Å². The number of rotatable bonds is 11. The number of benzene rings is 3. The molecule has 0 radical (unpaired) electrons. The molecule has 0 fully saturated rings. The third-order valence-corrected chi connectivity index (χ3v) is 6.02. The zero-order valence-electron chi connectivity index (χ0n) is 21.1. The minimum Gasteiger partial charge on any atom is -0.493 e. The molecule has 0 aliphatic heterocycles. The Balaban J connectivity index is 1.50. The van der Waals surface area contributed by atoms with Crippen molar-refractivity contribution in [2.75, 3.05) is 32.7 Å². The SMILES string of the molecule is COc1ccc(CCNC(=O)C(=O)N/N=C\c2cc(Br)ccc2OCC(=O)Nc2ccccc2Cl)cc1OC. The number of nitrogens with one attached hydrogen (secondary N) is 3. The lowest BCUT2D eigenvalue weighted by Gasteiger charge is -2.11. The molecule has 0 heterocycles. The molecule has 0 unspecified atom stereocenters. The van der Waals surface area contributed by atoms with Crippen molar-refractivity contribution >= 4 is 57.2 Å². The van der Waals surface area contributed by atoms with Crippen molar-refractivity contribution in [3.8, 4) is 17.2 Å². The molecule has 0 aromatic heterocycles. The lowest BCUT2D eigenvalue weighted by molar-refractivity contribution is -0.139. The van der Waals surface area contributed by atoms with Gasteiger partial charge in [0.2, 0.25) is 0 Å². The third-order valence-electron chi connectivity index (χ3n) is 5.20. The number of methoxy groups -OCH3 is 2. The highest BCUT2D eigenvalue weighted by molar-refractivity contribution is 9.10. The Kier molecular flexibility index (Phi) is 11.1. The van der Waals surface area contributed by atoms with Gasteiger partial charge in [-0.2, -0.15) is 5.10 Å². The van der Waals surface area contributed by atoms with E-state index < -0.39 is 17.7 Å². The monoisotopic (exact) mass is 616 g/mol. The van der Waals surface area contributed by atoms with Crippen LogP contribution in [0.1, 0.15) is 11.1 Å². The first kappa shape index (κ1) is 29.5. The molecule has 3 amide bonds. The second kappa shape index (κ2) is 14.7. The van der Waals surface area contributed by atoms with Gasteiger partial charge in [0.1, 0.15) is 5.75 Å². The van der Waals surface area contributed by atoms with Crippen molar-refractivity contribution in [1.82, 2.24) is 10.7 Å².